The summed E-state index contributed by atoms with van der Waals surface area (Å²) >= 11 is 0. The molecule has 1 amide bonds. The lowest BCUT2D eigenvalue weighted by Crippen LogP contribution is -2.27. The number of hydrogen-bond donors (Lipinski definition) is 1. The molecule has 26 heavy (non-hydrogen) atoms. The molecule has 0 radical (unpaired) electrons. The zero-order valence-corrected chi connectivity index (χ0v) is 14.3. The van der Waals surface area contributed by atoms with Gasteiger partial charge < -0.3 is 10.1 Å². The van der Waals surface area contributed by atoms with Crippen molar-refractivity contribution < 1.29 is 9.53 Å². The van der Waals surface area contributed by atoms with Crippen LogP contribution in [0.4, 0.5) is 0 Å². The van der Waals surface area contributed by atoms with Crippen molar-refractivity contribution in [2.24, 2.45) is 0 Å². The van der Waals surface area contributed by atoms with Crippen LogP contribution in [0, 0.1) is 0 Å². The summed E-state index contributed by atoms with van der Waals surface area (Å²) in [6, 6.07) is 16.1. The minimum atomic E-state index is -0.158. The molecule has 0 bridgehead atoms. The molecule has 3 aromatic rings. The summed E-state index contributed by atoms with van der Waals surface area (Å²) in [7, 11) is 0. The Balaban J connectivity index is 1.33. The van der Waals surface area contributed by atoms with Crippen molar-refractivity contribution in [3.63, 3.8) is 0 Å². The summed E-state index contributed by atoms with van der Waals surface area (Å²) in [6.07, 6.45) is 4.24. The number of carbonyl (C=O) groups excluding carboxylic acids is 1. The molecule has 1 atom stereocenters. The van der Waals surface area contributed by atoms with Crippen molar-refractivity contribution in [2.45, 2.75) is 25.5 Å². The molecule has 0 saturated carbocycles. The fourth-order valence-corrected chi connectivity index (χ4v) is 3.20. The molecule has 132 valence electrons. The van der Waals surface area contributed by atoms with E-state index in [1.807, 2.05) is 36.4 Å². The van der Waals surface area contributed by atoms with Crippen LogP contribution in [0.3, 0.4) is 0 Å². The van der Waals surface area contributed by atoms with Gasteiger partial charge in [-0.1, -0.05) is 36.4 Å². The molecule has 6 heteroatoms. The standard InChI is InChI=1S/C20H20N4O2/c25-20(11-19-18-4-2-1-3-16(18)9-10-26-19)22-12-15-5-7-17(8-6-15)24-14-21-13-23-24/h1-8,13-14,19H,9-12H2,(H,22,25). The lowest BCUT2D eigenvalue weighted by atomic mass is 9.95. The number of ether oxygens (including phenoxy) is 1. The lowest BCUT2D eigenvalue weighted by Gasteiger charge is -2.25. The third-order valence-corrected chi connectivity index (χ3v) is 4.57. The van der Waals surface area contributed by atoms with Gasteiger partial charge in [0.15, 0.2) is 0 Å². The second-order valence-electron chi connectivity index (χ2n) is 6.30. The monoisotopic (exact) mass is 348 g/mol. The van der Waals surface area contributed by atoms with Gasteiger partial charge in [0.25, 0.3) is 0 Å². The number of nitrogens with one attached hydrogen (secondary N) is 1. The lowest BCUT2D eigenvalue weighted by molar-refractivity contribution is -0.124. The second kappa shape index (κ2) is 7.49. The van der Waals surface area contributed by atoms with E-state index in [0.29, 0.717) is 19.6 Å². The smallest absolute Gasteiger partial charge is 0.223 e. The largest absolute Gasteiger partial charge is 0.373 e. The minimum Gasteiger partial charge on any atom is -0.373 e. The number of benzene rings is 2. The van der Waals surface area contributed by atoms with E-state index in [1.165, 1.54) is 11.9 Å². The van der Waals surface area contributed by atoms with Gasteiger partial charge in [-0.3, -0.25) is 4.79 Å². The predicted octanol–water partition coefficient (Wildman–Crippen LogP) is 2.59. The molecule has 0 saturated heterocycles. The molecular formula is C20H20N4O2. The van der Waals surface area contributed by atoms with Crippen molar-refractivity contribution in [3.8, 4) is 5.69 Å². The van der Waals surface area contributed by atoms with E-state index >= 15 is 0 Å². The van der Waals surface area contributed by atoms with E-state index in [4.69, 9.17) is 4.74 Å². The van der Waals surface area contributed by atoms with Crippen molar-refractivity contribution in [3.05, 3.63) is 77.9 Å². The molecule has 1 N–H and O–H groups in total. The van der Waals surface area contributed by atoms with Gasteiger partial charge in [0.2, 0.25) is 5.91 Å². The number of amides is 1. The normalized spacial score (nSPS) is 16.1. The number of aromatic nitrogens is 3. The highest BCUT2D eigenvalue weighted by Gasteiger charge is 2.22. The first-order valence-corrected chi connectivity index (χ1v) is 8.69. The molecule has 4 rings (SSSR count). The molecule has 1 aromatic heterocycles. The molecule has 2 heterocycles. The Morgan fingerprint density at radius 1 is 1.19 bits per heavy atom. The quantitative estimate of drug-likeness (QED) is 0.769. The topological polar surface area (TPSA) is 69.0 Å². The Bertz CT molecular complexity index is 875. The highest BCUT2D eigenvalue weighted by molar-refractivity contribution is 5.76. The van der Waals surface area contributed by atoms with Crippen LogP contribution in [0.15, 0.2) is 61.2 Å². The van der Waals surface area contributed by atoms with Crippen LogP contribution in [0.1, 0.15) is 29.2 Å². The Labute approximate surface area is 151 Å². The molecule has 1 unspecified atom stereocenters. The van der Waals surface area contributed by atoms with Crippen molar-refractivity contribution in [1.82, 2.24) is 20.1 Å². The van der Waals surface area contributed by atoms with Gasteiger partial charge in [0, 0.05) is 6.54 Å². The highest BCUT2D eigenvalue weighted by atomic mass is 16.5. The minimum absolute atomic E-state index is 0.00736. The summed E-state index contributed by atoms with van der Waals surface area (Å²) in [4.78, 5) is 16.3. The number of hydrogen-bond acceptors (Lipinski definition) is 4. The summed E-state index contributed by atoms with van der Waals surface area (Å²) in [6.45, 7) is 1.16. The fraction of sp³-hybridized carbons (Fsp3) is 0.250. The number of rotatable bonds is 5. The van der Waals surface area contributed by atoms with Gasteiger partial charge >= 0.3 is 0 Å². The molecule has 0 spiro atoms. The molecule has 6 nitrogen and oxygen atoms in total. The first kappa shape index (κ1) is 16.5. The van der Waals surface area contributed by atoms with E-state index in [2.05, 4.69) is 27.5 Å². The van der Waals surface area contributed by atoms with E-state index in [1.54, 1.807) is 11.0 Å². The Kier molecular flexibility index (Phi) is 4.75. The van der Waals surface area contributed by atoms with E-state index in [-0.39, 0.29) is 12.0 Å². The first-order valence-electron chi connectivity index (χ1n) is 8.69. The fourth-order valence-electron chi connectivity index (χ4n) is 3.20. The van der Waals surface area contributed by atoms with Crippen LogP contribution in [0.5, 0.6) is 0 Å². The summed E-state index contributed by atoms with van der Waals surface area (Å²) in [5.41, 5.74) is 4.38. The molecule has 0 aliphatic carbocycles. The Hall–Kier alpha value is -2.99. The van der Waals surface area contributed by atoms with Gasteiger partial charge in [0.1, 0.15) is 12.7 Å². The van der Waals surface area contributed by atoms with E-state index in [0.717, 1.165) is 23.2 Å². The zero-order valence-electron chi connectivity index (χ0n) is 14.3. The van der Waals surface area contributed by atoms with Gasteiger partial charge in [0.05, 0.1) is 24.8 Å². The summed E-state index contributed by atoms with van der Waals surface area (Å²) in [5.74, 6) is -0.00736. The predicted molar refractivity (Wildman–Crippen MR) is 96.7 cm³/mol. The highest BCUT2D eigenvalue weighted by Crippen LogP contribution is 2.29. The van der Waals surface area contributed by atoms with Crippen molar-refractivity contribution in [2.75, 3.05) is 6.61 Å². The van der Waals surface area contributed by atoms with Gasteiger partial charge in [-0.05, 0) is 35.2 Å². The van der Waals surface area contributed by atoms with E-state index in [9.17, 15) is 4.79 Å². The number of nitrogens with zero attached hydrogens (tertiary/aromatic N) is 3. The maximum Gasteiger partial charge on any atom is 0.223 e. The van der Waals surface area contributed by atoms with Crippen LogP contribution in [-0.4, -0.2) is 27.3 Å². The average Bonchev–Trinajstić information content (AvgIpc) is 3.22. The second-order valence-corrected chi connectivity index (χ2v) is 6.30. The molecule has 0 fully saturated rings. The molecule has 1 aliphatic rings. The van der Waals surface area contributed by atoms with Crippen molar-refractivity contribution in [1.29, 1.82) is 0 Å². The average molecular weight is 348 g/mol. The van der Waals surface area contributed by atoms with Crippen LogP contribution in [0.25, 0.3) is 5.69 Å². The third kappa shape index (κ3) is 3.65. The maximum atomic E-state index is 12.3. The van der Waals surface area contributed by atoms with Crippen molar-refractivity contribution >= 4 is 5.91 Å². The van der Waals surface area contributed by atoms with Crippen LogP contribution < -0.4 is 5.32 Å². The summed E-state index contributed by atoms with van der Waals surface area (Å²) < 4.78 is 7.50. The van der Waals surface area contributed by atoms with Crippen LogP contribution in [0.2, 0.25) is 0 Å². The van der Waals surface area contributed by atoms with Crippen LogP contribution >= 0.6 is 0 Å². The van der Waals surface area contributed by atoms with Gasteiger partial charge in [-0.2, -0.15) is 5.10 Å². The molecule has 1 aliphatic heterocycles. The summed E-state index contributed by atoms with van der Waals surface area (Å²) in [5, 5.41) is 7.07. The zero-order chi connectivity index (χ0) is 17.8. The first-order chi connectivity index (χ1) is 12.8. The van der Waals surface area contributed by atoms with Gasteiger partial charge in [-0.25, -0.2) is 9.67 Å². The molecular weight excluding hydrogens is 328 g/mol. The van der Waals surface area contributed by atoms with Gasteiger partial charge in [-0.15, -0.1) is 0 Å². The Morgan fingerprint density at radius 3 is 2.85 bits per heavy atom. The van der Waals surface area contributed by atoms with Crippen LogP contribution in [-0.2, 0) is 22.5 Å². The Morgan fingerprint density at radius 2 is 2.04 bits per heavy atom. The maximum absolute atomic E-state index is 12.3. The number of fused-ring (bicyclic) bond motifs is 1. The third-order valence-electron chi connectivity index (χ3n) is 4.57. The van der Waals surface area contributed by atoms with E-state index < -0.39 is 0 Å². The SMILES string of the molecule is O=C(CC1OCCc2ccccc21)NCc1ccc(-n2cncn2)cc1. The molecule has 2 aromatic carbocycles. The number of carbonyl (C=O) groups is 1.